The third-order valence-electron chi connectivity index (χ3n) is 7.41. The van der Waals surface area contributed by atoms with Crippen LogP contribution in [0.3, 0.4) is 0 Å². The Labute approximate surface area is 226 Å². The number of nitrogens with zero attached hydrogens (tertiary/aromatic N) is 5. The van der Waals surface area contributed by atoms with Gasteiger partial charge in [0.05, 0.1) is 6.04 Å². The van der Waals surface area contributed by atoms with E-state index in [4.69, 9.17) is 11.5 Å². The van der Waals surface area contributed by atoms with Gasteiger partial charge in [0.2, 0.25) is 11.9 Å². The Kier molecular flexibility index (Phi) is 16.7. The van der Waals surface area contributed by atoms with Gasteiger partial charge in [0, 0.05) is 18.8 Å². The summed E-state index contributed by atoms with van der Waals surface area (Å²) in [5.41, 5.74) is 11.8. The first-order chi connectivity index (χ1) is 18.2. The van der Waals surface area contributed by atoms with Crippen LogP contribution in [0.2, 0.25) is 0 Å². The van der Waals surface area contributed by atoms with Crippen molar-refractivity contribution in [1.82, 2.24) is 24.5 Å². The SMILES string of the molecule is CCCCCCCCCCCCCCCCCc1nccn1C(CCCCCC)c1nc(N)nc(N)n1. The van der Waals surface area contributed by atoms with Gasteiger partial charge in [-0.2, -0.15) is 15.0 Å². The molecule has 2 aromatic heterocycles. The van der Waals surface area contributed by atoms with Crippen LogP contribution in [0.1, 0.15) is 160 Å². The molecule has 0 aliphatic rings. The second-order valence-corrected chi connectivity index (χ2v) is 10.7. The van der Waals surface area contributed by atoms with Gasteiger partial charge in [-0.3, -0.25) is 0 Å². The highest BCUT2D eigenvalue weighted by molar-refractivity contribution is 5.27. The molecule has 210 valence electrons. The van der Waals surface area contributed by atoms with Crippen LogP contribution in [0.25, 0.3) is 0 Å². The minimum atomic E-state index is -0.00158. The molecule has 0 saturated heterocycles. The van der Waals surface area contributed by atoms with Gasteiger partial charge in [0.25, 0.3) is 0 Å². The molecule has 0 saturated carbocycles. The summed E-state index contributed by atoms with van der Waals surface area (Å²) < 4.78 is 2.24. The molecule has 2 rings (SSSR count). The van der Waals surface area contributed by atoms with E-state index in [2.05, 4.69) is 44.5 Å². The van der Waals surface area contributed by atoms with Crippen molar-refractivity contribution in [2.45, 2.75) is 155 Å². The van der Waals surface area contributed by atoms with Crippen LogP contribution >= 0.6 is 0 Å². The summed E-state index contributed by atoms with van der Waals surface area (Å²) in [7, 11) is 0. The number of nitrogens with two attached hydrogens (primary N) is 2. The lowest BCUT2D eigenvalue weighted by Crippen LogP contribution is -2.18. The van der Waals surface area contributed by atoms with E-state index in [1.54, 1.807) is 0 Å². The van der Waals surface area contributed by atoms with Gasteiger partial charge in [0.1, 0.15) is 5.82 Å². The van der Waals surface area contributed by atoms with Crippen molar-refractivity contribution in [3.63, 3.8) is 0 Å². The zero-order valence-electron chi connectivity index (χ0n) is 24.0. The average molecular weight is 514 g/mol. The molecule has 7 heteroatoms. The fourth-order valence-electron chi connectivity index (χ4n) is 5.21. The van der Waals surface area contributed by atoms with Crippen LogP contribution in [-0.4, -0.2) is 24.5 Å². The lowest BCUT2D eigenvalue weighted by molar-refractivity contribution is 0.460. The van der Waals surface area contributed by atoms with E-state index >= 15 is 0 Å². The summed E-state index contributed by atoms with van der Waals surface area (Å²) in [5.74, 6) is 2.13. The predicted octanol–water partition coefficient (Wildman–Crippen LogP) is 8.21. The highest BCUT2D eigenvalue weighted by Gasteiger charge is 2.20. The van der Waals surface area contributed by atoms with Gasteiger partial charge < -0.3 is 16.0 Å². The van der Waals surface area contributed by atoms with Crippen molar-refractivity contribution >= 4 is 11.9 Å². The fourth-order valence-corrected chi connectivity index (χ4v) is 5.21. The summed E-state index contributed by atoms with van der Waals surface area (Å²) >= 11 is 0. The molecule has 2 heterocycles. The molecule has 0 spiro atoms. The van der Waals surface area contributed by atoms with E-state index in [1.807, 2.05) is 6.20 Å². The Hall–Kier alpha value is -2.18. The summed E-state index contributed by atoms with van der Waals surface area (Å²) in [6, 6.07) is -0.00158. The minimum Gasteiger partial charge on any atom is -0.368 e. The van der Waals surface area contributed by atoms with Crippen molar-refractivity contribution < 1.29 is 0 Å². The predicted molar refractivity (Wildman–Crippen MR) is 156 cm³/mol. The summed E-state index contributed by atoms with van der Waals surface area (Å²) in [6.45, 7) is 4.52. The number of unbranched alkanes of at least 4 members (excludes halogenated alkanes) is 17. The first-order valence-electron chi connectivity index (χ1n) is 15.4. The van der Waals surface area contributed by atoms with Crippen LogP contribution in [-0.2, 0) is 6.42 Å². The first-order valence-corrected chi connectivity index (χ1v) is 15.4. The van der Waals surface area contributed by atoms with Crippen LogP contribution in [0, 0.1) is 0 Å². The average Bonchev–Trinajstić information content (AvgIpc) is 3.34. The molecular formula is C30H55N7. The molecule has 0 bridgehead atoms. The van der Waals surface area contributed by atoms with E-state index in [-0.39, 0.29) is 17.9 Å². The highest BCUT2D eigenvalue weighted by Crippen LogP contribution is 2.25. The maximum absolute atomic E-state index is 5.90. The van der Waals surface area contributed by atoms with Crippen molar-refractivity contribution in [3.05, 3.63) is 24.0 Å². The van der Waals surface area contributed by atoms with E-state index in [0.717, 1.165) is 25.1 Å². The van der Waals surface area contributed by atoms with E-state index in [1.165, 1.54) is 116 Å². The van der Waals surface area contributed by atoms with Crippen LogP contribution in [0.5, 0.6) is 0 Å². The lowest BCUT2D eigenvalue weighted by atomic mass is 10.0. The lowest BCUT2D eigenvalue weighted by Gasteiger charge is -2.20. The molecule has 7 nitrogen and oxygen atoms in total. The summed E-state index contributed by atoms with van der Waals surface area (Å²) in [6.07, 6.45) is 31.3. The molecular weight excluding hydrogens is 458 g/mol. The largest absolute Gasteiger partial charge is 0.368 e. The van der Waals surface area contributed by atoms with Crippen molar-refractivity contribution in [2.24, 2.45) is 0 Å². The molecule has 0 aromatic carbocycles. The summed E-state index contributed by atoms with van der Waals surface area (Å²) in [5, 5.41) is 0. The Morgan fingerprint density at radius 3 is 1.59 bits per heavy atom. The Morgan fingerprint density at radius 1 is 0.622 bits per heavy atom. The van der Waals surface area contributed by atoms with Crippen molar-refractivity contribution in [1.29, 1.82) is 0 Å². The second kappa shape index (κ2) is 19.9. The smallest absolute Gasteiger partial charge is 0.225 e. The second-order valence-electron chi connectivity index (χ2n) is 10.7. The van der Waals surface area contributed by atoms with Gasteiger partial charge >= 0.3 is 0 Å². The number of nitrogen functional groups attached to an aromatic ring is 2. The quantitative estimate of drug-likeness (QED) is 0.145. The van der Waals surface area contributed by atoms with Crippen LogP contribution in [0.4, 0.5) is 11.9 Å². The fraction of sp³-hybridized carbons (Fsp3) is 0.800. The topological polar surface area (TPSA) is 109 Å². The summed E-state index contributed by atoms with van der Waals surface area (Å²) in [4.78, 5) is 17.5. The molecule has 1 atom stereocenters. The number of hydrogen-bond acceptors (Lipinski definition) is 6. The number of rotatable bonds is 23. The number of aryl methyl sites for hydroxylation is 1. The Bertz CT molecular complexity index is 800. The minimum absolute atomic E-state index is 0.00158. The maximum Gasteiger partial charge on any atom is 0.225 e. The molecule has 37 heavy (non-hydrogen) atoms. The molecule has 2 aromatic rings. The molecule has 0 amide bonds. The standard InChI is InChI=1S/C30H55N7/c1-3-5-7-9-10-11-12-13-14-15-16-17-18-19-21-23-27-33-24-25-37(27)26(22-20-8-6-4-2)28-34-29(31)36-30(32)35-28/h24-26H,3-23H2,1-2H3,(H4,31,32,34,35,36). The molecule has 0 fully saturated rings. The van der Waals surface area contributed by atoms with Gasteiger partial charge in [-0.1, -0.05) is 129 Å². The molecule has 0 aliphatic carbocycles. The highest BCUT2D eigenvalue weighted by atomic mass is 15.2. The first kappa shape index (κ1) is 31.0. The number of imidazole rings is 1. The van der Waals surface area contributed by atoms with Gasteiger partial charge in [0.15, 0.2) is 5.82 Å². The molecule has 4 N–H and O–H groups in total. The normalized spacial score (nSPS) is 12.3. The molecule has 1 unspecified atom stereocenters. The molecule has 0 aliphatic heterocycles. The van der Waals surface area contributed by atoms with Gasteiger partial charge in [-0.15, -0.1) is 0 Å². The van der Waals surface area contributed by atoms with E-state index in [9.17, 15) is 0 Å². The number of aromatic nitrogens is 5. The zero-order valence-corrected chi connectivity index (χ0v) is 24.0. The van der Waals surface area contributed by atoms with Gasteiger partial charge in [-0.25, -0.2) is 4.98 Å². The monoisotopic (exact) mass is 513 g/mol. The Morgan fingerprint density at radius 2 is 1.08 bits per heavy atom. The molecule has 0 radical (unpaired) electrons. The number of hydrogen-bond donors (Lipinski definition) is 2. The van der Waals surface area contributed by atoms with E-state index < -0.39 is 0 Å². The third kappa shape index (κ3) is 13.3. The van der Waals surface area contributed by atoms with Crippen molar-refractivity contribution in [2.75, 3.05) is 11.5 Å². The van der Waals surface area contributed by atoms with Crippen molar-refractivity contribution in [3.8, 4) is 0 Å². The van der Waals surface area contributed by atoms with Crippen LogP contribution < -0.4 is 11.5 Å². The maximum atomic E-state index is 5.90. The zero-order chi connectivity index (χ0) is 26.6. The Balaban J connectivity index is 1.67. The third-order valence-corrected chi connectivity index (χ3v) is 7.41. The number of anilines is 2. The van der Waals surface area contributed by atoms with E-state index in [0.29, 0.717) is 5.82 Å². The van der Waals surface area contributed by atoms with Gasteiger partial charge in [-0.05, 0) is 12.8 Å². The van der Waals surface area contributed by atoms with Crippen LogP contribution in [0.15, 0.2) is 12.4 Å².